The third-order valence-electron chi connectivity index (χ3n) is 3.67. The fraction of sp³-hybridized carbons (Fsp3) is 0.571. The monoisotopic (exact) mass is 353 g/mol. The molecule has 1 amide bonds. The van der Waals surface area contributed by atoms with Crippen molar-refractivity contribution in [3.8, 4) is 0 Å². The second kappa shape index (κ2) is 7.89. The van der Waals surface area contributed by atoms with E-state index in [0.717, 1.165) is 37.6 Å². The van der Waals surface area contributed by atoms with Crippen LogP contribution in [-0.4, -0.2) is 63.3 Å². The van der Waals surface area contributed by atoms with Gasteiger partial charge in [-0.05, 0) is 12.7 Å². The first-order valence-corrected chi connectivity index (χ1v) is 9.80. The number of nitrogens with zero attached hydrogens (tertiary/aromatic N) is 5. The Kier molecular flexibility index (Phi) is 5.63. The Labute approximate surface area is 143 Å². The van der Waals surface area contributed by atoms with Gasteiger partial charge in [0.15, 0.2) is 5.82 Å². The Morgan fingerprint density at radius 3 is 3.09 bits per heavy atom. The van der Waals surface area contributed by atoms with Gasteiger partial charge in [0.05, 0.1) is 17.8 Å². The molecule has 0 unspecified atom stereocenters. The molecule has 0 atom stereocenters. The maximum absolute atomic E-state index is 12.4. The van der Waals surface area contributed by atoms with E-state index < -0.39 is 0 Å². The highest BCUT2D eigenvalue weighted by Gasteiger charge is 2.22. The first kappa shape index (κ1) is 16.4. The predicted molar refractivity (Wildman–Crippen MR) is 89.4 cm³/mol. The Hall–Kier alpha value is -1.45. The normalized spacial score (nSPS) is 16.5. The van der Waals surface area contributed by atoms with Gasteiger partial charge >= 0.3 is 0 Å². The summed E-state index contributed by atoms with van der Waals surface area (Å²) < 4.78 is 5.29. The van der Waals surface area contributed by atoms with Gasteiger partial charge in [0.25, 0.3) is 5.91 Å². The maximum Gasteiger partial charge on any atom is 0.273 e. The molecule has 1 aliphatic rings. The smallest absolute Gasteiger partial charge is 0.273 e. The van der Waals surface area contributed by atoms with Crippen LogP contribution < -0.4 is 0 Å². The lowest BCUT2D eigenvalue weighted by atomic mass is 10.3. The van der Waals surface area contributed by atoms with Crippen molar-refractivity contribution in [1.82, 2.24) is 24.9 Å². The van der Waals surface area contributed by atoms with Gasteiger partial charge in [-0.3, -0.25) is 9.69 Å². The highest BCUT2D eigenvalue weighted by molar-refractivity contribution is 7.97. The lowest BCUT2D eigenvalue weighted by Crippen LogP contribution is -2.35. The van der Waals surface area contributed by atoms with E-state index in [2.05, 4.69) is 20.0 Å². The summed E-state index contributed by atoms with van der Waals surface area (Å²) in [5.74, 6) is 2.17. The van der Waals surface area contributed by atoms with Crippen molar-refractivity contribution in [2.75, 3.05) is 32.4 Å². The number of aromatic nitrogens is 3. The molecule has 3 heterocycles. The second-order valence-corrected chi connectivity index (χ2v) is 6.92. The lowest BCUT2D eigenvalue weighted by Gasteiger charge is -2.20. The molecule has 0 saturated carbocycles. The van der Waals surface area contributed by atoms with Crippen molar-refractivity contribution in [3.63, 3.8) is 0 Å². The number of carbonyl (C=O) groups is 1. The van der Waals surface area contributed by atoms with Gasteiger partial charge in [-0.2, -0.15) is 16.7 Å². The average molecular weight is 353 g/mol. The van der Waals surface area contributed by atoms with Gasteiger partial charge < -0.3 is 9.42 Å². The minimum Gasteiger partial charge on any atom is -0.338 e. The number of carbonyl (C=O) groups excluding carboxylic acids is 1. The molecule has 2 aromatic rings. The molecule has 124 valence electrons. The van der Waals surface area contributed by atoms with Gasteiger partial charge in [-0.15, -0.1) is 11.3 Å². The van der Waals surface area contributed by atoms with E-state index >= 15 is 0 Å². The minimum absolute atomic E-state index is 0.0214. The Balaban J connectivity index is 1.54. The van der Waals surface area contributed by atoms with Crippen molar-refractivity contribution in [3.05, 3.63) is 28.3 Å². The number of rotatable bonds is 5. The van der Waals surface area contributed by atoms with E-state index in [9.17, 15) is 4.79 Å². The molecule has 0 aliphatic carbocycles. The van der Waals surface area contributed by atoms with Crippen molar-refractivity contribution >= 4 is 29.0 Å². The van der Waals surface area contributed by atoms with E-state index in [1.165, 1.54) is 11.3 Å². The van der Waals surface area contributed by atoms with Gasteiger partial charge in [0.1, 0.15) is 5.69 Å². The lowest BCUT2D eigenvalue weighted by molar-refractivity contribution is 0.0755. The molecule has 9 heteroatoms. The van der Waals surface area contributed by atoms with E-state index in [-0.39, 0.29) is 5.91 Å². The zero-order chi connectivity index (χ0) is 16.1. The highest BCUT2D eigenvalue weighted by Crippen LogP contribution is 2.12. The van der Waals surface area contributed by atoms with Crippen LogP contribution in [0.2, 0.25) is 0 Å². The molecule has 0 N–H and O–H groups in total. The largest absolute Gasteiger partial charge is 0.338 e. The summed E-state index contributed by atoms with van der Waals surface area (Å²) in [6, 6.07) is 0. The van der Waals surface area contributed by atoms with Crippen LogP contribution in [0.4, 0.5) is 0 Å². The number of hydrogen-bond donors (Lipinski definition) is 0. The quantitative estimate of drug-likeness (QED) is 0.810. The number of hydrogen-bond acceptors (Lipinski definition) is 8. The van der Waals surface area contributed by atoms with E-state index in [1.54, 1.807) is 22.7 Å². The summed E-state index contributed by atoms with van der Waals surface area (Å²) >= 11 is 3.12. The third-order valence-corrected chi connectivity index (χ3v) is 4.80. The third kappa shape index (κ3) is 4.30. The summed E-state index contributed by atoms with van der Waals surface area (Å²) in [6.45, 7) is 3.81. The molecule has 0 aromatic carbocycles. The molecular formula is C14H19N5O2S2. The molecule has 3 rings (SSSR count). The summed E-state index contributed by atoms with van der Waals surface area (Å²) in [5, 5.41) is 5.77. The van der Waals surface area contributed by atoms with Crippen molar-refractivity contribution in [1.29, 1.82) is 0 Å². The molecule has 0 bridgehead atoms. The van der Waals surface area contributed by atoms with Crippen LogP contribution in [0.15, 0.2) is 15.4 Å². The topological polar surface area (TPSA) is 75.4 Å². The second-order valence-electron chi connectivity index (χ2n) is 5.33. The van der Waals surface area contributed by atoms with Crippen LogP contribution in [0, 0.1) is 0 Å². The molecule has 1 fully saturated rings. The molecule has 23 heavy (non-hydrogen) atoms. The zero-order valence-electron chi connectivity index (χ0n) is 13.0. The maximum atomic E-state index is 12.4. The van der Waals surface area contributed by atoms with Crippen LogP contribution in [0.5, 0.6) is 0 Å². The molecule has 0 spiro atoms. The molecule has 7 nitrogen and oxygen atoms in total. The summed E-state index contributed by atoms with van der Waals surface area (Å²) in [4.78, 5) is 25.0. The first-order chi connectivity index (χ1) is 11.3. The summed E-state index contributed by atoms with van der Waals surface area (Å²) in [5.41, 5.74) is 2.24. The zero-order valence-corrected chi connectivity index (χ0v) is 14.6. The Morgan fingerprint density at radius 2 is 2.30 bits per heavy atom. The number of amides is 1. The first-order valence-electron chi connectivity index (χ1n) is 7.46. The van der Waals surface area contributed by atoms with Gasteiger partial charge in [-0.1, -0.05) is 5.16 Å². The van der Waals surface area contributed by atoms with Gasteiger partial charge in [0, 0.05) is 31.6 Å². The van der Waals surface area contributed by atoms with Crippen molar-refractivity contribution in [2.45, 2.75) is 18.7 Å². The summed E-state index contributed by atoms with van der Waals surface area (Å²) in [7, 11) is 0. The molecule has 0 radical (unpaired) electrons. The van der Waals surface area contributed by atoms with E-state index in [1.807, 2.05) is 11.2 Å². The fourth-order valence-electron chi connectivity index (χ4n) is 2.55. The number of thiazole rings is 1. The van der Waals surface area contributed by atoms with Crippen LogP contribution in [0.1, 0.15) is 28.6 Å². The van der Waals surface area contributed by atoms with E-state index in [0.29, 0.717) is 24.7 Å². The van der Waals surface area contributed by atoms with Gasteiger partial charge in [0.2, 0.25) is 5.89 Å². The van der Waals surface area contributed by atoms with Crippen LogP contribution >= 0.6 is 23.1 Å². The standard InChI is InChI=1S/C14H19N5O2S2/c1-22-9-12-16-13(21-17-12)7-18-3-2-4-19(6-5-18)14(20)11-8-23-10-15-11/h8,10H,2-7,9H2,1H3. The molecular weight excluding hydrogens is 334 g/mol. The Morgan fingerprint density at radius 1 is 1.39 bits per heavy atom. The molecule has 2 aromatic heterocycles. The average Bonchev–Trinajstić information content (AvgIpc) is 3.17. The van der Waals surface area contributed by atoms with Crippen molar-refractivity contribution < 1.29 is 9.32 Å². The minimum atomic E-state index is 0.0214. The summed E-state index contributed by atoms with van der Waals surface area (Å²) in [6.07, 6.45) is 2.94. The fourth-order valence-corrected chi connectivity index (χ4v) is 3.45. The molecule has 1 aliphatic heterocycles. The molecule has 1 saturated heterocycles. The van der Waals surface area contributed by atoms with Gasteiger partial charge in [-0.25, -0.2) is 4.98 Å². The highest BCUT2D eigenvalue weighted by atomic mass is 32.2. The SMILES string of the molecule is CSCc1noc(CN2CCCN(C(=O)c3cscn3)CC2)n1. The van der Waals surface area contributed by atoms with E-state index in [4.69, 9.17) is 4.52 Å². The Bertz CT molecular complexity index is 631. The number of thioether (sulfide) groups is 1. The van der Waals surface area contributed by atoms with Crippen molar-refractivity contribution in [2.24, 2.45) is 0 Å². The van der Waals surface area contributed by atoms with Crippen LogP contribution in [0.25, 0.3) is 0 Å². The predicted octanol–water partition coefficient (Wildman–Crippen LogP) is 1.74. The van der Waals surface area contributed by atoms with Crippen LogP contribution in [-0.2, 0) is 12.3 Å². The van der Waals surface area contributed by atoms with Crippen LogP contribution in [0.3, 0.4) is 0 Å².